The molecule has 0 atom stereocenters. The Kier molecular flexibility index (Phi) is 8.06. The molecule has 6 nitrogen and oxygen atoms in total. The molecule has 7 heteroatoms. The van der Waals surface area contributed by atoms with Gasteiger partial charge in [0.15, 0.2) is 6.29 Å². The van der Waals surface area contributed by atoms with Crippen molar-refractivity contribution < 1.29 is 14.3 Å². The fraction of sp³-hybridized carbons (Fsp3) is 0.600. The smallest absolute Gasteiger partial charge is 0.174 e. The van der Waals surface area contributed by atoms with E-state index >= 15 is 0 Å². The first kappa shape index (κ1) is 21.6. The summed E-state index contributed by atoms with van der Waals surface area (Å²) in [5, 5.41) is 3.52. The minimum absolute atomic E-state index is 0.0454. The van der Waals surface area contributed by atoms with E-state index in [2.05, 4.69) is 36.5 Å². The number of hydrogen-bond acceptors (Lipinski definition) is 6. The lowest BCUT2D eigenvalue weighted by molar-refractivity contribution is -0.217. The van der Waals surface area contributed by atoms with Crippen molar-refractivity contribution in [3.8, 4) is 11.8 Å². The zero-order valence-corrected chi connectivity index (χ0v) is 17.3. The number of ether oxygens (including phenoxy) is 2. The van der Waals surface area contributed by atoms with E-state index < -0.39 is 0 Å². The van der Waals surface area contributed by atoms with E-state index in [0.717, 1.165) is 5.57 Å². The molecule has 0 unspecified atom stereocenters. The third-order valence-corrected chi connectivity index (χ3v) is 4.29. The van der Waals surface area contributed by atoms with Crippen molar-refractivity contribution in [2.45, 2.75) is 39.9 Å². The van der Waals surface area contributed by atoms with Gasteiger partial charge in [0, 0.05) is 23.1 Å². The van der Waals surface area contributed by atoms with Crippen LogP contribution < -0.4 is 16.5 Å². The van der Waals surface area contributed by atoms with Gasteiger partial charge < -0.3 is 20.5 Å². The van der Waals surface area contributed by atoms with Gasteiger partial charge in [0.2, 0.25) is 0 Å². The molecule has 0 amide bonds. The summed E-state index contributed by atoms with van der Waals surface area (Å²) in [4.78, 5) is 5.00. The zero-order chi connectivity index (χ0) is 19.9. The van der Waals surface area contributed by atoms with E-state index in [1.807, 2.05) is 6.92 Å². The van der Waals surface area contributed by atoms with Gasteiger partial charge in [-0.15, -0.1) is 0 Å². The number of rotatable bonds is 7. The van der Waals surface area contributed by atoms with Gasteiger partial charge in [-0.25, -0.2) is 0 Å². The SMILES string of the molecule is CONC(/C(N)=C/NCC1OCC(C)(C)CO1)=C(Cl)\C=C(/C)C#CC1CC1. The highest BCUT2D eigenvalue weighted by Crippen LogP contribution is 2.27. The van der Waals surface area contributed by atoms with Gasteiger partial charge in [0.05, 0.1) is 37.6 Å². The lowest BCUT2D eigenvalue weighted by Gasteiger charge is -2.34. The summed E-state index contributed by atoms with van der Waals surface area (Å²) >= 11 is 6.40. The first-order chi connectivity index (χ1) is 12.8. The number of nitrogens with two attached hydrogens (primary N) is 1. The van der Waals surface area contributed by atoms with Gasteiger partial charge in [-0.2, -0.15) is 0 Å². The number of nitrogens with one attached hydrogen (secondary N) is 2. The molecular weight excluding hydrogens is 366 g/mol. The molecule has 4 N–H and O–H groups in total. The van der Waals surface area contributed by atoms with Crippen LogP contribution in [0.5, 0.6) is 0 Å². The largest absolute Gasteiger partial charge is 0.396 e. The second kappa shape index (κ2) is 10.0. The van der Waals surface area contributed by atoms with E-state index in [1.54, 1.807) is 12.3 Å². The maximum atomic E-state index is 6.40. The van der Waals surface area contributed by atoms with Crippen LogP contribution in [-0.2, 0) is 14.3 Å². The van der Waals surface area contributed by atoms with Gasteiger partial charge in [-0.05, 0) is 25.8 Å². The van der Waals surface area contributed by atoms with Crippen LogP contribution in [-0.4, -0.2) is 33.2 Å². The first-order valence-corrected chi connectivity index (χ1v) is 9.50. The zero-order valence-electron chi connectivity index (χ0n) is 16.5. The Morgan fingerprint density at radius 2 is 2.00 bits per heavy atom. The van der Waals surface area contributed by atoms with Gasteiger partial charge >= 0.3 is 0 Å². The molecule has 2 fully saturated rings. The molecule has 1 saturated carbocycles. The van der Waals surface area contributed by atoms with Crippen LogP contribution in [0.2, 0.25) is 0 Å². The second-order valence-corrected chi connectivity index (χ2v) is 8.03. The van der Waals surface area contributed by atoms with Gasteiger partial charge in [-0.3, -0.25) is 10.3 Å². The van der Waals surface area contributed by atoms with Crippen molar-refractivity contribution in [2.24, 2.45) is 17.1 Å². The van der Waals surface area contributed by atoms with Crippen LogP contribution in [0.3, 0.4) is 0 Å². The van der Waals surface area contributed by atoms with E-state index in [4.69, 9.17) is 31.6 Å². The Hall–Kier alpha value is -1.65. The Bertz CT molecular complexity index is 660. The van der Waals surface area contributed by atoms with Crippen LogP contribution in [0, 0.1) is 23.2 Å². The molecule has 0 aromatic heterocycles. The minimum Gasteiger partial charge on any atom is -0.396 e. The molecule has 0 spiro atoms. The molecule has 1 heterocycles. The first-order valence-electron chi connectivity index (χ1n) is 9.12. The maximum absolute atomic E-state index is 6.40. The topological polar surface area (TPSA) is 77.8 Å². The number of allylic oxidation sites excluding steroid dienone is 3. The van der Waals surface area contributed by atoms with Crippen molar-refractivity contribution in [1.82, 2.24) is 10.8 Å². The van der Waals surface area contributed by atoms with Gasteiger partial charge in [0.1, 0.15) is 5.70 Å². The van der Waals surface area contributed by atoms with E-state index in [1.165, 1.54) is 20.0 Å². The molecule has 2 aliphatic rings. The summed E-state index contributed by atoms with van der Waals surface area (Å²) in [6, 6.07) is 0. The number of hydrogen-bond donors (Lipinski definition) is 3. The molecule has 0 aromatic carbocycles. The van der Waals surface area contributed by atoms with Crippen molar-refractivity contribution in [3.63, 3.8) is 0 Å². The van der Waals surface area contributed by atoms with Crippen LogP contribution in [0.4, 0.5) is 0 Å². The molecule has 2 rings (SSSR count). The molecule has 1 aliphatic heterocycles. The van der Waals surface area contributed by atoms with E-state index in [-0.39, 0.29) is 11.7 Å². The highest BCUT2D eigenvalue weighted by atomic mass is 35.5. The maximum Gasteiger partial charge on any atom is 0.174 e. The Morgan fingerprint density at radius 3 is 2.59 bits per heavy atom. The monoisotopic (exact) mass is 395 g/mol. The van der Waals surface area contributed by atoms with Crippen LogP contribution in [0.25, 0.3) is 0 Å². The van der Waals surface area contributed by atoms with Crippen LogP contribution in [0.15, 0.2) is 34.3 Å². The molecule has 1 saturated heterocycles. The number of halogens is 1. The summed E-state index contributed by atoms with van der Waals surface area (Å²) in [6.07, 6.45) is 5.49. The van der Waals surface area contributed by atoms with Crippen molar-refractivity contribution in [3.05, 3.63) is 34.3 Å². The fourth-order valence-electron chi connectivity index (χ4n) is 2.27. The van der Waals surface area contributed by atoms with E-state index in [0.29, 0.717) is 42.1 Å². The number of hydroxylamine groups is 1. The normalized spacial score (nSPS) is 21.8. The standard InChI is InChI=1S/C20H30ClN3O3/c1-14(5-6-15-7-8-15)9-16(21)19(24-25-4)17(22)10-23-11-18-26-12-20(2,3)13-27-18/h9-10,15,18,23-24H,7-8,11-13,22H2,1-4H3/b14-9+,17-10-,19-16+. The molecule has 0 bridgehead atoms. The highest BCUT2D eigenvalue weighted by Gasteiger charge is 2.27. The third kappa shape index (κ3) is 7.86. The summed E-state index contributed by atoms with van der Waals surface area (Å²) in [5.74, 6) is 6.86. The van der Waals surface area contributed by atoms with Crippen molar-refractivity contribution in [2.75, 3.05) is 26.9 Å². The molecular formula is C20H30ClN3O3. The summed E-state index contributed by atoms with van der Waals surface area (Å²) in [5.41, 5.74) is 10.6. The average Bonchev–Trinajstić information content (AvgIpc) is 3.43. The summed E-state index contributed by atoms with van der Waals surface area (Å²) in [6.45, 7) is 7.93. The molecule has 0 radical (unpaired) electrons. The molecule has 1 aliphatic carbocycles. The quantitative estimate of drug-likeness (QED) is 0.349. The lowest BCUT2D eigenvalue weighted by atomic mass is 9.96. The van der Waals surface area contributed by atoms with Gasteiger partial charge in [-0.1, -0.05) is 37.3 Å². The van der Waals surface area contributed by atoms with Crippen molar-refractivity contribution in [1.29, 1.82) is 0 Å². The second-order valence-electron chi connectivity index (χ2n) is 7.62. The Labute approximate surface area is 167 Å². The highest BCUT2D eigenvalue weighted by molar-refractivity contribution is 6.31. The molecule has 0 aromatic rings. The van der Waals surface area contributed by atoms with Crippen molar-refractivity contribution >= 4 is 11.6 Å². The fourth-order valence-corrected chi connectivity index (χ4v) is 2.58. The van der Waals surface area contributed by atoms with E-state index in [9.17, 15) is 0 Å². The average molecular weight is 396 g/mol. The van der Waals surface area contributed by atoms with Crippen LogP contribution in [0.1, 0.15) is 33.6 Å². The summed E-state index contributed by atoms with van der Waals surface area (Å²) < 4.78 is 11.4. The molecule has 150 valence electrons. The third-order valence-electron chi connectivity index (χ3n) is 3.99. The lowest BCUT2D eigenvalue weighted by Crippen LogP contribution is -2.41. The minimum atomic E-state index is -0.305. The predicted molar refractivity (Wildman–Crippen MR) is 107 cm³/mol. The van der Waals surface area contributed by atoms with Gasteiger partial charge in [0.25, 0.3) is 0 Å². The Morgan fingerprint density at radius 1 is 1.33 bits per heavy atom. The Balaban J connectivity index is 1.96. The summed E-state index contributed by atoms with van der Waals surface area (Å²) in [7, 11) is 1.50. The van der Waals surface area contributed by atoms with Crippen LogP contribution >= 0.6 is 11.6 Å². The molecule has 27 heavy (non-hydrogen) atoms. The predicted octanol–water partition coefficient (Wildman–Crippen LogP) is 2.74.